The summed E-state index contributed by atoms with van der Waals surface area (Å²) in [7, 11) is 1.55. The fourth-order valence-electron chi connectivity index (χ4n) is 1.85. The zero-order chi connectivity index (χ0) is 15.2. The summed E-state index contributed by atoms with van der Waals surface area (Å²) >= 11 is 0. The van der Waals surface area contributed by atoms with E-state index in [0.29, 0.717) is 23.8 Å². The molecule has 1 aromatic heterocycles. The average Bonchev–Trinajstić information content (AvgIpc) is 2.52. The molecule has 0 amide bonds. The molecular formula is C16H16N2O3. The molecule has 0 bridgehead atoms. The highest BCUT2D eigenvalue weighted by Gasteiger charge is 2.09. The minimum atomic E-state index is -0.564. The largest absolute Gasteiger partial charge is 0.493 e. The number of hydrogen-bond donors (Lipinski definition) is 1. The van der Waals surface area contributed by atoms with Crippen molar-refractivity contribution in [3.63, 3.8) is 0 Å². The first-order valence-electron chi connectivity index (χ1n) is 6.48. The second kappa shape index (κ2) is 6.73. The lowest BCUT2D eigenvalue weighted by molar-refractivity contribution is 0.198. The maximum atomic E-state index is 9.57. The van der Waals surface area contributed by atoms with Crippen LogP contribution in [0.2, 0.25) is 0 Å². The fourth-order valence-corrected chi connectivity index (χ4v) is 1.85. The number of ether oxygens (including phenoxy) is 2. The third-order valence-corrected chi connectivity index (χ3v) is 3.00. The molecule has 0 aliphatic rings. The number of rotatable bonds is 5. The lowest BCUT2D eigenvalue weighted by Crippen LogP contribution is -2.00. The number of aliphatic hydroxyl groups excluding tert-OH is 1. The molecule has 1 N–H and O–H groups in total. The normalized spacial score (nSPS) is 11.5. The van der Waals surface area contributed by atoms with Crippen molar-refractivity contribution >= 4 is 0 Å². The molecule has 108 valence electrons. The van der Waals surface area contributed by atoms with Gasteiger partial charge in [-0.3, -0.25) is 0 Å². The third-order valence-electron chi connectivity index (χ3n) is 3.00. The third kappa shape index (κ3) is 3.71. The van der Waals surface area contributed by atoms with E-state index in [1.54, 1.807) is 50.6 Å². The van der Waals surface area contributed by atoms with Gasteiger partial charge in [0.1, 0.15) is 18.4 Å². The van der Waals surface area contributed by atoms with Crippen LogP contribution in [0.4, 0.5) is 0 Å². The Balaban J connectivity index is 2.14. The molecule has 5 heteroatoms. The molecule has 1 aromatic carbocycles. The second-order valence-electron chi connectivity index (χ2n) is 4.54. The van der Waals surface area contributed by atoms with Crippen molar-refractivity contribution in [2.75, 3.05) is 7.11 Å². The maximum Gasteiger partial charge on any atom is 0.161 e. The zero-order valence-electron chi connectivity index (χ0n) is 11.9. The summed E-state index contributed by atoms with van der Waals surface area (Å²) in [5, 5.41) is 18.4. The number of pyridine rings is 1. The van der Waals surface area contributed by atoms with E-state index >= 15 is 0 Å². The van der Waals surface area contributed by atoms with Crippen molar-refractivity contribution < 1.29 is 14.6 Å². The Kier molecular flexibility index (Phi) is 4.75. The van der Waals surface area contributed by atoms with Gasteiger partial charge in [-0.15, -0.1) is 0 Å². The molecule has 0 aliphatic heterocycles. The summed E-state index contributed by atoms with van der Waals surface area (Å²) in [6.45, 7) is 2.00. The first kappa shape index (κ1) is 14.8. The van der Waals surface area contributed by atoms with Crippen LogP contribution in [0, 0.1) is 11.3 Å². The minimum Gasteiger partial charge on any atom is -0.493 e. The van der Waals surface area contributed by atoms with Crippen molar-refractivity contribution in [3.05, 3.63) is 53.3 Å². The average molecular weight is 284 g/mol. The van der Waals surface area contributed by atoms with Crippen LogP contribution in [-0.2, 0) is 6.61 Å². The number of aliphatic hydroxyl groups is 1. The number of nitrogens with zero attached hydrogens (tertiary/aromatic N) is 2. The number of hydrogen-bond acceptors (Lipinski definition) is 5. The molecule has 0 spiro atoms. The summed E-state index contributed by atoms with van der Waals surface area (Å²) in [6.07, 6.45) is 1.01. The molecule has 1 atom stereocenters. The molecule has 21 heavy (non-hydrogen) atoms. The number of methoxy groups -OCH3 is 1. The van der Waals surface area contributed by atoms with Crippen LogP contribution in [0.5, 0.6) is 11.5 Å². The molecule has 2 aromatic rings. The van der Waals surface area contributed by atoms with E-state index in [9.17, 15) is 5.11 Å². The van der Waals surface area contributed by atoms with E-state index in [1.165, 1.54) is 0 Å². The summed E-state index contributed by atoms with van der Waals surface area (Å²) in [5.41, 5.74) is 1.96. The molecule has 0 saturated carbocycles. The first-order chi connectivity index (χ1) is 10.1. The Hall–Kier alpha value is -2.58. The summed E-state index contributed by atoms with van der Waals surface area (Å²) in [4.78, 5) is 3.91. The maximum absolute atomic E-state index is 9.57. The van der Waals surface area contributed by atoms with Crippen LogP contribution in [0.15, 0.2) is 36.5 Å². The van der Waals surface area contributed by atoms with Gasteiger partial charge >= 0.3 is 0 Å². The SMILES string of the molecule is COc1cc([C@@H](C)O)ccc1OCc1ccnc(C#N)c1. The van der Waals surface area contributed by atoms with Crippen LogP contribution in [0.3, 0.4) is 0 Å². The van der Waals surface area contributed by atoms with E-state index in [0.717, 1.165) is 11.1 Å². The van der Waals surface area contributed by atoms with E-state index < -0.39 is 6.10 Å². The standard InChI is InChI=1S/C16H16N2O3/c1-11(19)13-3-4-15(16(8-13)20-2)21-10-12-5-6-18-14(7-12)9-17/h3-8,11,19H,10H2,1-2H3/t11-/m1/s1. The van der Waals surface area contributed by atoms with Gasteiger partial charge in [0.15, 0.2) is 11.5 Å². The molecular weight excluding hydrogens is 268 g/mol. The van der Waals surface area contributed by atoms with Gasteiger partial charge in [0.05, 0.1) is 13.2 Å². The molecule has 0 unspecified atom stereocenters. The highest BCUT2D eigenvalue weighted by atomic mass is 16.5. The summed E-state index contributed by atoms with van der Waals surface area (Å²) < 4.78 is 11.0. The Morgan fingerprint density at radius 2 is 2.10 bits per heavy atom. The first-order valence-corrected chi connectivity index (χ1v) is 6.48. The fraction of sp³-hybridized carbons (Fsp3) is 0.250. The highest BCUT2D eigenvalue weighted by molar-refractivity contribution is 5.43. The van der Waals surface area contributed by atoms with E-state index in [1.807, 2.05) is 6.07 Å². The van der Waals surface area contributed by atoms with Gasteiger partial charge in [-0.1, -0.05) is 6.07 Å². The lowest BCUT2D eigenvalue weighted by atomic mass is 10.1. The van der Waals surface area contributed by atoms with Gasteiger partial charge in [0.25, 0.3) is 0 Å². The van der Waals surface area contributed by atoms with Gasteiger partial charge in [-0.2, -0.15) is 5.26 Å². The van der Waals surface area contributed by atoms with Gasteiger partial charge in [-0.25, -0.2) is 4.98 Å². The number of aromatic nitrogens is 1. The van der Waals surface area contributed by atoms with Gasteiger partial charge in [0, 0.05) is 6.20 Å². The predicted molar refractivity (Wildman–Crippen MR) is 76.9 cm³/mol. The predicted octanol–water partition coefficient (Wildman–Crippen LogP) is 2.59. The van der Waals surface area contributed by atoms with E-state index in [4.69, 9.17) is 14.7 Å². The zero-order valence-corrected chi connectivity index (χ0v) is 11.9. The van der Waals surface area contributed by atoms with Crippen molar-refractivity contribution in [1.29, 1.82) is 5.26 Å². The second-order valence-corrected chi connectivity index (χ2v) is 4.54. The van der Waals surface area contributed by atoms with Crippen LogP contribution in [0.25, 0.3) is 0 Å². The Labute approximate surface area is 123 Å². The molecule has 2 rings (SSSR count). The van der Waals surface area contributed by atoms with Crippen molar-refractivity contribution in [1.82, 2.24) is 4.98 Å². The minimum absolute atomic E-state index is 0.307. The monoisotopic (exact) mass is 284 g/mol. The molecule has 0 radical (unpaired) electrons. The lowest BCUT2D eigenvalue weighted by Gasteiger charge is -2.13. The number of nitriles is 1. The van der Waals surface area contributed by atoms with Crippen LogP contribution < -0.4 is 9.47 Å². The van der Waals surface area contributed by atoms with Crippen LogP contribution in [-0.4, -0.2) is 17.2 Å². The smallest absolute Gasteiger partial charge is 0.161 e. The van der Waals surface area contributed by atoms with Gasteiger partial charge in [-0.05, 0) is 42.3 Å². The molecule has 0 aliphatic carbocycles. The quantitative estimate of drug-likeness (QED) is 0.913. The molecule has 0 saturated heterocycles. The van der Waals surface area contributed by atoms with E-state index in [2.05, 4.69) is 4.98 Å². The Morgan fingerprint density at radius 1 is 1.29 bits per heavy atom. The molecule has 1 heterocycles. The van der Waals surface area contributed by atoms with E-state index in [-0.39, 0.29) is 0 Å². The number of benzene rings is 1. The molecule has 5 nitrogen and oxygen atoms in total. The highest BCUT2D eigenvalue weighted by Crippen LogP contribution is 2.30. The van der Waals surface area contributed by atoms with Crippen molar-refractivity contribution in [2.24, 2.45) is 0 Å². The van der Waals surface area contributed by atoms with Crippen molar-refractivity contribution in [3.8, 4) is 17.6 Å². The topological polar surface area (TPSA) is 75.4 Å². The molecule has 0 fully saturated rings. The van der Waals surface area contributed by atoms with Gasteiger partial charge in [0.2, 0.25) is 0 Å². The van der Waals surface area contributed by atoms with Crippen LogP contribution in [0.1, 0.15) is 29.8 Å². The van der Waals surface area contributed by atoms with Crippen molar-refractivity contribution in [2.45, 2.75) is 19.6 Å². The Bertz CT molecular complexity index is 663. The Morgan fingerprint density at radius 3 is 2.76 bits per heavy atom. The van der Waals surface area contributed by atoms with Crippen LogP contribution >= 0.6 is 0 Å². The van der Waals surface area contributed by atoms with Gasteiger partial charge < -0.3 is 14.6 Å². The summed E-state index contributed by atoms with van der Waals surface area (Å²) in [5.74, 6) is 1.14. The summed E-state index contributed by atoms with van der Waals surface area (Å²) in [6, 6.07) is 10.7.